The molecule has 1 heterocycles. The third-order valence-corrected chi connectivity index (χ3v) is 3.26. The van der Waals surface area contributed by atoms with Gasteiger partial charge in [0.15, 0.2) is 17.6 Å². The van der Waals surface area contributed by atoms with E-state index in [1.54, 1.807) is 0 Å². The fourth-order valence-electron chi connectivity index (χ4n) is 2.16. The van der Waals surface area contributed by atoms with Crippen LogP contribution in [0, 0.1) is 0 Å². The molecule has 23 heavy (non-hydrogen) atoms. The number of carboxylic acids is 1. The van der Waals surface area contributed by atoms with E-state index in [-0.39, 0.29) is 36.8 Å². The van der Waals surface area contributed by atoms with Gasteiger partial charge in [-0.05, 0) is 18.2 Å². The fraction of sp³-hybridized carbons (Fsp3) is 0.429. The molecule has 0 spiro atoms. The Hall–Kier alpha value is -2.42. The SMILES string of the molecule is COc1cc(C(=O)N2CCOC(C(=O)O)C2)ccc1OC(F)F. The number of nitrogens with zero attached hydrogens (tertiary/aromatic N) is 1. The zero-order valence-electron chi connectivity index (χ0n) is 12.2. The number of rotatable bonds is 5. The van der Waals surface area contributed by atoms with Gasteiger partial charge in [0.2, 0.25) is 0 Å². The van der Waals surface area contributed by atoms with Crippen molar-refractivity contribution in [2.24, 2.45) is 0 Å². The third-order valence-electron chi connectivity index (χ3n) is 3.26. The van der Waals surface area contributed by atoms with Crippen molar-refractivity contribution in [2.45, 2.75) is 12.7 Å². The van der Waals surface area contributed by atoms with Gasteiger partial charge >= 0.3 is 12.6 Å². The maximum atomic E-state index is 12.4. The highest BCUT2D eigenvalue weighted by molar-refractivity contribution is 5.95. The molecule has 1 atom stereocenters. The van der Waals surface area contributed by atoms with Gasteiger partial charge in [0, 0.05) is 12.1 Å². The summed E-state index contributed by atoms with van der Waals surface area (Å²) in [7, 11) is 1.26. The summed E-state index contributed by atoms with van der Waals surface area (Å²) < 4.78 is 38.8. The summed E-state index contributed by atoms with van der Waals surface area (Å²) >= 11 is 0. The Bertz CT molecular complexity index is 595. The number of ether oxygens (including phenoxy) is 3. The summed E-state index contributed by atoms with van der Waals surface area (Å²) in [5, 5.41) is 8.94. The van der Waals surface area contributed by atoms with Gasteiger partial charge in [-0.15, -0.1) is 0 Å². The lowest BCUT2D eigenvalue weighted by atomic mass is 10.1. The van der Waals surface area contributed by atoms with Crippen LogP contribution < -0.4 is 9.47 Å². The summed E-state index contributed by atoms with van der Waals surface area (Å²) in [5.41, 5.74) is 0.175. The van der Waals surface area contributed by atoms with Crippen LogP contribution in [0.15, 0.2) is 18.2 Å². The molecular formula is C14H15F2NO6. The highest BCUT2D eigenvalue weighted by Crippen LogP contribution is 2.30. The first-order valence-electron chi connectivity index (χ1n) is 6.69. The molecule has 2 rings (SSSR count). The highest BCUT2D eigenvalue weighted by Gasteiger charge is 2.29. The number of hydrogen-bond donors (Lipinski definition) is 1. The largest absolute Gasteiger partial charge is 0.493 e. The summed E-state index contributed by atoms with van der Waals surface area (Å²) in [6, 6.07) is 3.78. The number of aliphatic carboxylic acids is 1. The van der Waals surface area contributed by atoms with E-state index >= 15 is 0 Å². The number of alkyl halides is 2. The van der Waals surface area contributed by atoms with E-state index in [1.165, 1.54) is 30.2 Å². The molecule has 1 N–H and O–H groups in total. The molecule has 1 aliphatic heterocycles. The van der Waals surface area contributed by atoms with E-state index in [1.807, 2.05) is 0 Å². The van der Waals surface area contributed by atoms with Gasteiger partial charge in [-0.3, -0.25) is 4.79 Å². The lowest BCUT2D eigenvalue weighted by Gasteiger charge is -2.31. The van der Waals surface area contributed by atoms with Gasteiger partial charge in [-0.2, -0.15) is 8.78 Å². The van der Waals surface area contributed by atoms with E-state index in [9.17, 15) is 18.4 Å². The number of carbonyl (C=O) groups is 2. The maximum Gasteiger partial charge on any atom is 0.387 e. The standard InChI is InChI=1S/C14H15F2NO6/c1-21-10-6-8(2-3-9(10)23-14(15)16)12(18)17-4-5-22-11(7-17)13(19)20/h2-3,6,11,14H,4-5,7H2,1H3,(H,19,20). The smallest absolute Gasteiger partial charge is 0.387 e. The van der Waals surface area contributed by atoms with E-state index < -0.39 is 24.6 Å². The van der Waals surface area contributed by atoms with Crippen LogP contribution in [-0.4, -0.2) is 61.4 Å². The van der Waals surface area contributed by atoms with Crippen molar-refractivity contribution in [3.8, 4) is 11.5 Å². The molecule has 9 heteroatoms. The van der Waals surface area contributed by atoms with Gasteiger partial charge in [-0.1, -0.05) is 0 Å². The minimum Gasteiger partial charge on any atom is -0.493 e. The van der Waals surface area contributed by atoms with Crippen LogP contribution in [0.3, 0.4) is 0 Å². The molecule has 0 aromatic heterocycles. The highest BCUT2D eigenvalue weighted by atomic mass is 19.3. The monoisotopic (exact) mass is 331 g/mol. The van der Waals surface area contributed by atoms with Gasteiger partial charge in [0.25, 0.3) is 5.91 Å². The topological polar surface area (TPSA) is 85.3 Å². The first-order valence-corrected chi connectivity index (χ1v) is 6.69. The Morgan fingerprint density at radius 2 is 2.13 bits per heavy atom. The van der Waals surface area contributed by atoms with Gasteiger partial charge in [0.1, 0.15) is 0 Å². The minimum atomic E-state index is -3.01. The van der Waals surface area contributed by atoms with E-state index in [4.69, 9.17) is 14.6 Å². The summed E-state index contributed by atoms with van der Waals surface area (Å²) in [4.78, 5) is 24.7. The number of carbonyl (C=O) groups excluding carboxylic acids is 1. The molecule has 1 aromatic carbocycles. The molecule has 1 aromatic rings. The second kappa shape index (κ2) is 7.23. The Morgan fingerprint density at radius 1 is 1.39 bits per heavy atom. The molecule has 0 aliphatic carbocycles. The predicted molar refractivity (Wildman–Crippen MR) is 72.9 cm³/mol. The van der Waals surface area contributed by atoms with Crippen molar-refractivity contribution in [3.05, 3.63) is 23.8 Å². The Kier molecular flexibility index (Phi) is 5.32. The van der Waals surface area contributed by atoms with Gasteiger partial charge in [0.05, 0.1) is 20.3 Å². The third kappa shape index (κ3) is 4.07. The molecule has 0 bridgehead atoms. The molecule has 1 saturated heterocycles. The zero-order chi connectivity index (χ0) is 17.0. The molecule has 0 radical (unpaired) electrons. The van der Waals surface area contributed by atoms with Crippen molar-refractivity contribution >= 4 is 11.9 Å². The minimum absolute atomic E-state index is 0.0146. The average Bonchev–Trinajstić information content (AvgIpc) is 2.54. The molecule has 1 unspecified atom stereocenters. The number of methoxy groups -OCH3 is 1. The molecule has 1 fully saturated rings. The number of carboxylic acid groups (broad SMARTS) is 1. The van der Waals surface area contributed by atoms with Crippen molar-refractivity contribution < 1.29 is 37.7 Å². The Morgan fingerprint density at radius 3 is 2.74 bits per heavy atom. The lowest BCUT2D eigenvalue weighted by Crippen LogP contribution is -2.48. The second-order valence-corrected chi connectivity index (χ2v) is 4.69. The lowest BCUT2D eigenvalue weighted by molar-refractivity contribution is -0.154. The van der Waals surface area contributed by atoms with Crippen LogP contribution >= 0.6 is 0 Å². The number of halogens is 2. The van der Waals surface area contributed by atoms with Crippen molar-refractivity contribution in [1.82, 2.24) is 4.90 Å². The Labute approximate surface area is 130 Å². The normalized spacial score (nSPS) is 17.9. The number of benzene rings is 1. The van der Waals surface area contributed by atoms with Gasteiger partial charge < -0.3 is 24.2 Å². The first kappa shape index (κ1) is 16.9. The summed E-state index contributed by atoms with van der Waals surface area (Å²) in [6.45, 7) is -2.76. The van der Waals surface area contributed by atoms with Crippen LogP contribution in [0.25, 0.3) is 0 Å². The van der Waals surface area contributed by atoms with Gasteiger partial charge in [-0.25, -0.2) is 4.79 Å². The average molecular weight is 331 g/mol. The summed E-state index contributed by atoms with van der Waals surface area (Å²) in [5.74, 6) is -1.80. The predicted octanol–water partition coefficient (Wildman–Crippen LogP) is 1.22. The van der Waals surface area contributed by atoms with Crippen LogP contribution in [0.5, 0.6) is 11.5 Å². The van der Waals surface area contributed by atoms with Crippen molar-refractivity contribution in [2.75, 3.05) is 26.8 Å². The molecule has 1 aliphatic rings. The second-order valence-electron chi connectivity index (χ2n) is 4.69. The van der Waals surface area contributed by atoms with E-state index in [0.717, 1.165) is 0 Å². The van der Waals surface area contributed by atoms with Crippen LogP contribution in [-0.2, 0) is 9.53 Å². The quantitative estimate of drug-likeness (QED) is 0.873. The molecular weight excluding hydrogens is 316 g/mol. The molecule has 7 nitrogen and oxygen atoms in total. The number of amides is 1. The molecule has 1 amide bonds. The maximum absolute atomic E-state index is 12.4. The summed E-state index contributed by atoms with van der Waals surface area (Å²) in [6.07, 6.45) is -1.09. The van der Waals surface area contributed by atoms with E-state index in [2.05, 4.69) is 4.74 Å². The van der Waals surface area contributed by atoms with Crippen molar-refractivity contribution in [3.63, 3.8) is 0 Å². The van der Waals surface area contributed by atoms with Crippen LogP contribution in [0.2, 0.25) is 0 Å². The Balaban J connectivity index is 2.17. The first-order chi connectivity index (χ1) is 10.9. The van der Waals surface area contributed by atoms with Crippen LogP contribution in [0.4, 0.5) is 8.78 Å². The van der Waals surface area contributed by atoms with Crippen LogP contribution in [0.1, 0.15) is 10.4 Å². The fourth-order valence-corrected chi connectivity index (χ4v) is 2.16. The molecule has 0 saturated carbocycles. The number of hydrogen-bond acceptors (Lipinski definition) is 5. The van der Waals surface area contributed by atoms with Crippen molar-refractivity contribution in [1.29, 1.82) is 0 Å². The molecule has 126 valence electrons. The zero-order valence-corrected chi connectivity index (χ0v) is 12.2. The number of morpholine rings is 1. The van der Waals surface area contributed by atoms with E-state index in [0.29, 0.717) is 0 Å².